The minimum absolute atomic E-state index is 0.0103. The summed E-state index contributed by atoms with van der Waals surface area (Å²) in [6, 6.07) is 6.06. The molecule has 1 saturated carbocycles. The number of hydrogen-bond acceptors (Lipinski definition) is 3. The molecule has 2 N–H and O–H groups in total. The predicted molar refractivity (Wildman–Crippen MR) is 125 cm³/mol. The lowest BCUT2D eigenvalue weighted by atomic mass is 9.99. The van der Waals surface area contributed by atoms with E-state index in [2.05, 4.69) is 10.1 Å². The Morgan fingerprint density at radius 2 is 2.03 bits per heavy atom. The molecule has 0 radical (unpaired) electrons. The molecule has 7 nitrogen and oxygen atoms in total. The van der Waals surface area contributed by atoms with E-state index in [9.17, 15) is 23.2 Å². The maximum Gasteiger partial charge on any atom is 0.352 e. The third kappa shape index (κ3) is 4.56. The van der Waals surface area contributed by atoms with E-state index in [-0.39, 0.29) is 16.3 Å². The van der Waals surface area contributed by atoms with Crippen LogP contribution < -0.4 is 4.73 Å². The van der Waals surface area contributed by atoms with Gasteiger partial charge in [0.1, 0.15) is 17.6 Å². The smallest absolute Gasteiger partial charge is 0.352 e. The van der Waals surface area contributed by atoms with Crippen molar-refractivity contribution in [1.29, 1.82) is 0 Å². The van der Waals surface area contributed by atoms with Gasteiger partial charge in [0.2, 0.25) is 5.69 Å². The molecule has 1 atom stereocenters. The molecule has 0 saturated heterocycles. The van der Waals surface area contributed by atoms with Gasteiger partial charge in [0, 0.05) is 40.7 Å². The number of aromatic carboxylic acids is 1. The third-order valence-corrected chi connectivity index (χ3v) is 6.65. The van der Waals surface area contributed by atoms with Gasteiger partial charge in [0.05, 0.1) is 16.8 Å². The van der Waals surface area contributed by atoms with Crippen LogP contribution in [-0.2, 0) is 0 Å². The van der Waals surface area contributed by atoms with Crippen LogP contribution in [0, 0.1) is 16.9 Å². The standard InChI is InChI=1S/C25H20ClF3N4O3/c26-18-5-4-17(24(28)29)22(23(18)27)14-3-6-20(33(36)12-14)21(7-13-1-2-13)32-11-16(10-31-32)15-8-19(25(34)35)30-9-15/h3-6,8-13,21,24,30H,1-2,7H2,(H,34,35). The maximum atomic E-state index is 14.7. The van der Waals surface area contributed by atoms with Crippen LogP contribution >= 0.6 is 11.6 Å². The average Bonchev–Trinajstić information content (AvgIpc) is 3.30. The SMILES string of the molecule is O=C(O)c1cc(-c2cnn(C(CC3CC3)c3ccc(-c4c(C(F)F)ccc(Cl)c4F)c[n+]3[O-])c2)c[nH]1. The Morgan fingerprint density at radius 1 is 1.25 bits per heavy atom. The van der Waals surface area contributed by atoms with Gasteiger partial charge < -0.3 is 15.3 Å². The van der Waals surface area contributed by atoms with Crippen LogP contribution in [0.5, 0.6) is 0 Å². The average molecular weight is 517 g/mol. The number of alkyl halides is 2. The summed E-state index contributed by atoms with van der Waals surface area (Å²) in [5.41, 5.74) is 0.683. The molecule has 186 valence electrons. The Balaban J connectivity index is 1.52. The van der Waals surface area contributed by atoms with Crippen molar-refractivity contribution >= 4 is 17.6 Å². The first-order valence-electron chi connectivity index (χ1n) is 11.2. The van der Waals surface area contributed by atoms with Crippen molar-refractivity contribution in [3.8, 4) is 22.3 Å². The van der Waals surface area contributed by atoms with E-state index in [1.807, 2.05) is 0 Å². The number of nitrogens with one attached hydrogen (secondary N) is 1. The summed E-state index contributed by atoms with van der Waals surface area (Å²) in [5.74, 6) is -1.69. The number of aromatic nitrogens is 4. The molecule has 1 aliphatic rings. The molecule has 1 aromatic carbocycles. The van der Waals surface area contributed by atoms with Gasteiger partial charge in [-0.15, -0.1) is 0 Å². The number of pyridine rings is 1. The Labute approximate surface area is 208 Å². The van der Waals surface area contributed by atoms with Crippen molar-refractivity contribution < 1.29 is 27.8 Å². The molecule has 11 heteroatoms. The van der Waals surface area contributed by atoms with Crippen LogP contribution in [0.4, 0.5) is 13.2 Å². The number of hydrogen-bond donors (Lipinski definition) is 2. The van der Waals surface area contributed by atoms with Crippen molar-refractivity contribution in [2.45, 2.75) is 31.7 Å². The monoisotopic (exact) mass is 516 g/mol. The predicted octanol–water partition coefficient (Wildman–Crippen LogP) is 6.00. The number of halogens is 4. The molecule has 36 heavy (non-hydrogen) atoms. The molecule has 4 aromatic rings. The lowest BCUT2D eigenvalue weighted by Gasteiger charge is -2.18. The van der Waals surface area contributed by atoms with E-state index in [0.29, 0.717) is 33.9 Å². The largest absolute Gasteiger partial charge is 0.618 e. The van der Waals surface area contributed by atoms with Crippen LogP contribution in [0.1, 0.15) is 53.5 Å². The van der Waals surface area contributed by atoms with Gasteiger partial charge in [0.15, 0.2) is 6.20 Å². The van der Waals surface area contributed by atoms with E-state index in [1.54, 1.807) is 23.3 Å². The molecule has 3 heterocycles. The number of benzene rings is 1. The molecule has 3 aromatic heterocycles. The molecule has 0 aliphatic heterocycles. The fourth-order valence-corrected chi connectivity index (χ4v) is 4.47. The van der Waals surface area contributed by atoms with Gasteiger partial charge in [0.25, 0.3) is 6.43 Å². The highest BCUT2D eigenvalue weighted by molar-refractivity contribution is 6.31. The lowest BCUT2D eigenvalue weighted by Crippen LogP contribution is -2.35. The Kier molecular flexibility index (Phi) is 6.21. The molecule has 1 aliphatic carbocycles. The van der Waals surface area contributed by atoms with Crippen molar-refractivity contribution in [2.75, 3.05) is 0 Å². The minimum atomic E-state index is -2.95. The van der Waals surface area contributed by atoms with Crippen molar-refractivity contribution in [2.24, 2.45) is 5.92 Å². The van der Waals surface area contributed by atoms with Crippen LogP contribution in [0.2, 0.25) is 5.02 Å². The Morgan fingerprint density at radius 3 is 2.67 bits per heavy atom. The molecule has 1 unspecified atom stereocenters. The first-order chi connectivity index (χ1) is 17.2. The highest BCUT2D eigenvalue weighted by Crippen LogP contribution is 2.40. The second kappa shape index (κ2) is 9.34. The summed E-state index contributed by atoms with van der Waals surface area (Å²) in [6.07, 6.45) is 5.65. The number of rotatable bonds is 8. The van der Waals surface area contributed by atoms with Gasteiger partial charge >= 0.3 is 5.97 Å². The topological polar surface area (TPSA) is 97.8 Å². The Bertz CT molecular complexity index is 1450. The molecule has 0 bridgehead atoms. The first-order valence-corrected chi connectivity index (χ1v) is 11.6. The third-order valence-electron chi connectivity index (χ3n) is 6.36. The summed E-state index contributed by atoms with van der Waals surface area (Å²) < 4.78 is 44.0. The maximum absolute atomic E-state index is 14.7. The second-order valence-electron chi connectivity index (χ2n) is 8.81. The number of carbonyl (C=O) groups is 1. The van der Waals surface area contributed by atoms with Crippen LogP contribution in [-0.4, -0.2) is 25.8 Å². The summed E-state index contributed by atoms with van der Waals surface area (Å²) in [7, 11) is 0. The highest BCUT2D eigenvalue weighted by Gasteiger charge is 2.32. The van der Waals surface area contributed by atoms with Gasteiger partial charge in [-0.3, -0.25) is 4.68 Å². The van der Waals surface area contributed by atoms with E-state index in [0.717, 1.165) is 31.2 Å². The van der Waals surface area contributed by atoms with Crippen molar-refractivity contribution in [3.05, 3.63) is 88.1 Å². The number of nitrogens with zero attached hydrogens (tertiary/aromatic N) is 3. The van der Waals surface area contributed by atoms with Gasteiger partial charge in [-0.25, -0.2) is 18.0 Å². The first kappa shape index (κ1) is 23.9. The normalized spacial score (nSPS) is 14.4. The molecule has 0 amide bonds. The number of carboxylic acid groups (broad SMARTS) is 1. The highest BCUT2D eigenvalue weighted by atomic mass is 35.5. The summed E-state index contributed by atoms with van der Waals surface area (Å²) in [6.45, 7) is 0. The second-order valence-corrected chi connectivity index (χ2v) is 9.21. The molecular weight excluding hydrogens is 497 g/mol. The van der Waals surface area contributed by atoms with Gasteiger partial charge in [-0.1, -0.05) is 30.5 Å². The zero-order valence-corrected chi connectivity index (χ0v) is 19.4. The van der Waals surface area contributed by atoms with E-state index < -0.39 is 35.4 Å². The van der Waals surface area contributed by atoms with E-state index >= 15 is 0 Å². The zero-order valence-electron chi connectivity index (χ0n) is 18.7. The van der Waals surface area contributed by atoms with Crippen LogP contribution in [0.15, 0.2) is 55.1 Å². The van der Waals surface area contributed by atoms with Crippen molar-refractivity contribution in [3.63, 3.8) is 0 Å². The number of H-pyrrole nitrogens is 1. The quantitative estimate of drug-likeness (QED) is 0.222. The molecule has 5 rings (SSSR count). The lowest BCUT2D eigenvalue weighted by molar-refractivity contribution is -0.615. The molecule has 0 spiro atoms. The van der Waals surface area contributed by atoms with Gasteiger partial charge in [-0.2, -0.15) is 9.83 Å². The fraction of sp³-hybridized carbons (Fsp3) is 0.240. The molecule has 1 fully saturated rings. The van der Waals surface area contributed by atoms with E-state index in [1.165, 1.54) is 18.2 Å². The molecular formula is C25H20ClF3N4O3. The summed E-state index contributed by atoms with van der Waals surface area (Å²) >= 11 is 5.83. The summed E-state index contributed by atoms with van der Waals surface area (Å²) in [5, 5.41) is 26.4. The number of aromatic amines is 1. The van der Waals surface area contributed by atoms with E-state index in [4.69, 9.17) is 16.7 Å². The zero-order chi connectivity index (χ0) is 25.6. The summed E-state index contributed by atoms with van der Waals surface area (Å²) in [4.78, 5) is 13.9. The van der Waals surface area contributed by atoms with Crippen LogP contribution in [0.25, 0.3) is 22.3 Å². The van der Waals surface area contributed by atoms with Crippen LogP contribution in [0.3, 0.4) is 0 Å². The van der Waals surface area contributed by atoms with Crippen molar-refractivity contribution in [1.82, 2.24) is 14.8 Å². The minimum Gasteiger partial charge on any atom is -0.618 e. The fourth-order valence-electron chi connectivity index (χ4n) is 4.31. The van der Waals surface area contributed by atoms with Gasteiger partial charge in [-0.05, 0) is 30.5 Å². The Hall–Kier alpha value is -3.79. The number of carboxylic acids is 1.